The molecular formula is C10H9IN2O. The van der Waals surface area contributed by atoms with Crippen LogP contribution in [0.3, 0.4) is 0 Å². The number of ether oxygens (including phenoxy) is 1. The number of halogens is 1. The van der Waals surface area contributed by atoms with Crippen molar-refractivity contribution < 1.29 is 4.74 Å². The molecule has 4 heteroatoms. The molecule has 0 bridgehead atoms. The molecule has 0 amide bonds. The van der Waals surface area contributed by atoms with Gasteiger partial charge < -0.3 is 4.74 Å². The second kappa shape index (κ2) is 4.00. The van der Waals surface area contributed by atoms with E-state index in [1.807, 2.05) is 35.1 Å². The molecule has 2 aromatic rings. The van der Waals surface area contributed by atoms with Crippen molar-refractivity contribution in [3.63, 3.8) is 0 Å². The summed E-state index contributed by atoms with van der Waals surface area (Å²) in [6.07, 6.45) is 3.68. The van der Waals surface area contributed by atoms with Crippen LogP contribution in [-0.4, -0.2) is 16.9 Å². The minimum absolute atomic E-state index is 0.890. The maximum atomic E-state index is 5.18. The Hall–Kier alpha value is -1.04. The van der Waals surface area contributed by atoms with Crippen LogP contribution in [0.25, 0.3) is 5.69 Å². The SMILES string of the molecule is COc1ccc(-n2cccn2)cc1I. The molecule has 3 nitrogen and oxygen atoms in total. The minimum atomic E-state index is 0.890. The smallest absolute Gasteiger partial charge is 0.132 e. The monoisotopic (exact) mass is 300 g/mol. The van der Waals surface area contributed by atoms with Gasteiger partial charge in [0.2, 0.25) is 0 Å². The number of nitrogens with zero attached hydrogens (tertiary/aromatic N) is 2. The Morgan fingerprint density at radius 1 is 1.43 bits per heavy atom. The topological polar surface area (TPSA) is 27.1 Å². The van der Waals surface area contributed by atoms with Crippen LogP contribution in [0.5, 0.6) is 5.75 Å². The van der Waals surface area contributed by atoms with Crippen LogP contribution in [0, 0.1) is 3.57 Å². The van der Waals surface area contributed by atoms with E-state index in [-0.39, 0.29) is 0 Å². The number of benzene rings is 1. The average Bonchev–Trinajstić information content (AvgIpc) is 2.70. The van der Waals surface area contributed by atoms with Gasteiger partial charge in [-0.1, -0.05) is 0 Å². The molecular weight excluding hydrogens is 291 g/mol. The summed E-state index contributed by atoms with van der Waals surface area (Å²) in [5.74, 6) is 0.890. The van der Waals surface area contributed by atoms with E-state index in [1.165, 1.54) is 0 Å². The molecule has 0 aliphatic heterocycles. The van der Waals surface area contributed by atoms with Gasteiger partial charge in [-0.05, 0) is 46.9 Å². The van der Waals surface area contributed by atoms with E-state index >= 15 is 0 Å². The number of hydrogen-bond acceptors (Lipinski definition) is 2. The molecule has 14 heavy (non-hydrogen) atoms. The highest BCUT2D eigenvalue weighted by molar-refractivity contribution is 14.1. The molecule has 0 N–H and O–H groups in total. The average molecular weight is 300 g/mol. The standard InChI is InChI=1S/C10H9IN2O/c1-14-10-4-3-8(7-9(10)11)13-6-2-5-12-13/h2-7H,1H3. The van der Waals surface area contributed by atoms with Crippen molar-refractivity contribution in [2.24, 2.45) is 0 Å². The summed E-state index contributed by atoms with van der Waals surface area (Å²) in [6, 6.07) is 7.86. The van der Waals surface area contributed by atoms with E-state index < -0.39 is 0 Å². The van der Waals surface area contributed by atoms with Crippen LogP contribution in [0.2, 0.25) is 0 Å². The Morgan fingerprint density at radius 2 is 2.29 bits per heavy atom. The highest BCUT2D eigenvalue weighted by atomic mass is 127. The summed E-state index contributed by atoms with van der Waals surface area (Å²) in [5, 5.41) is 4.16. The second-order valence-corrected chi connectivity index (χ2v) is 3.93. The van der Waals surface area contributed by atoms with Crippen molar-refractivity contribution in [1.82, 2.24) is 9.78 Å². The molecule has 0 unspecified atom stereocenters. The first-order valence-electron chi connectivity index (χ1n) is 4.15. The van der Waals surface area contributed by atoms with E-state index in [0.717, 1.165) is 15.0 Å². The van der Waals surface area contributed by atoms with E-state index in [0.29, 0.717) is 0 Å². The normalized spacial score (nSPS) is 10.1. The molecule has 0 spiro atoms. The fourth-order valence-electron chi connectivity index (χ4n) is 1.22. The minimum Gasteiger partial charge on any atom is -0.496 e. The Balaban J connectivity index is 2.43. The zero-order valence-corrected chi connectivity index (χ0v) is 9.80. The first-order chi connectivity index (χ1) is 6.81. The Bertz CT molecular complexity index is 426. The summed E-state index contributed by atoms with van der Waals surface area (Å²) < 4.78 is 8.08. The molecule has 1 aromatic heterocycles. The molecule has 1 heterocycles. The van der Waals surface area contributed by atoms with Gasteiger partial charge in [0.1, 0.15) is 5.75 Å². The van der Waals surface area contributed by atoms with E-state index in [2.05, 4.69) is 27.7 Å². The van der Waals surface area contributed by atoms with Crippen LogP contribution in [0.4, 0.5) is 0 Å². The maximum Gasteiger partial charge on any atom is 0.132 e. The third-order valence-electron chi connectivity index (χ3n) is 1.90. The third-order valence-corrected chi connectivity index (χ3v) is 2.75. The highest BCUT2D eigenvalue weighted by Crippen LogP contribution is 2.22. The van der Waals surface area contributed by atoms with Gasteiger partial charge in [0.25, 0.3) is 0 Å². The van der Waals surface area contributed by atoms with Crippen molar-refractivity contribution in [2.45, 2.75) is 0 Å². The lowest BCUT2D eigenvalue weighted by Gasteiger charge is -2.05. The molecule has 0 fully saturated rings. The van der Waals surface area contributed by atoms with Crippen LogP contribution in [0.1, 0.15) is 0 Å². The molecule has 0 aliphatic rings. The Labute approximate surface area is 95.8 Å². The van der Waals surface area contributed by atoms with Gasteiger partial charge in [-0.3, -0.25) is 0 Å². The molecule has 2 rings (SSSR count). The summed E-state index contributed by atoms with van der Waals surface area (Å²) in [6.45, 7) is 0. The zero-order valence-electron chi connectivity index (χ0n) is 7.64. The lowest BCUT2D eigenvalue weighted by atomic mass is 10.3. The number of hydrogen-bond donors (Lipinski definition) is 0. The molecule has 1 aromatic carbocycles. The van der Waals surface area contributed by atoms with Crippen LogP contribution in [-0.2, 0) is 0 Å². The van der Waals surface area contributed by atoms with Crippen molar-refractivity contribution in [3.05, 3.63) is 40.2 Å². The van der Waals surface area contributed by atoms with Crippen molar-refractivity contribution in [2.75, 3.05) is 7.11 Å². The zero-order chi connectivity index (χ0) is 9.97. The lowest BCUT2D eigenvalue weighted by molar-refractivity contribution is 0.411. The predicted molar refractivity (Wildman–Crippen MR) is 62.8 cm³/mol. The van der Waals surface area contributed by atoms with Gasteiger partial charge in [-0.15, -0.1) is 0 Å². The predicted octanol–water partition coefficient (Wildman–Crippen LogP) is 2.49. The molecule has 72 valence electrons. The summed E-state index contributed by atoms with van der Waals surface area (Å²) in [4.78, 5) is 0. The van der Waals surface area contributed by atoms with Crippen LogP contribution in [0.15, 0.2) is 36.7 Å². The van der Waals surface area contributed by atoms with Gasteiger partial charge in [-0.25, -0.2) is 4.68 Å². The fourth-order valence-corrected chi connectivity index (χ4v) is 1.94. The number of methoxy groups -OCH3 is 1. The fraction of sp³-hybridized carbons (Fsp3) is 0.100. The molecule has 0 radical (unpaired) electrons. The van der Waals surface area contributed by atoms with Crippen molar-refractivity contribution in [3.8, 4) is 11.4 Å². The maximum absolute atomic E-state index is 5.18. The Kier molecular flexibility index (Phi) is 2.72. The van der Waals surface area contributed by atoms with Gasteiger partial charge in [0.05, 0.1) is 16.4 Å². The first kappa shape index (κ1) is 9.51. The number of rotatable bonds is 2. The molecule has 0 aliphatic carbocycles. The molecule has 0 saturated heterocycles. The highest BCUT2D eigenvalue weighted by Gasteiger charge is 2.02. The van der Waals surface area contributed by atoms with Crippen LogP contribution >= 0.6 is 22.6 Å². The van der Waals surface area contributed by atoms with Gasteiger partial charge in [0, 0.05) is 12.4 Å². The second-order valence-electron chi connectivity index (χ2n) is 2.77. The lowest BCUT2D eigenvalue weighted by Crippen LogP contribution is -1.95. The summed E-state index contributed by atoms with van der Waals surface area (Å²) in [7, 11) is 1.67. The Morgan fingerprint density at radius 3 is 2.86 bits per heavy atom. The van der Waals surface area contributed by atoms with Crippen molar-refractivity contribution >= 4 is 22.6 Å². The molecule has 0 atom stereocenters. The van der Waals surface area contributed by atoms with Crippen molar-refractivity contribution in [1.29, 1.82) is 0 Å². The van der Waals surface area contributed by atoms with Gasteiger partial charge in [-0.2, -0.15) is 5.10 Å². The number of aromatic nitrogens is 2. The quantitative estimate of drug-likeness (QED) is 0.797. The van der Waals surface area contributed by atoms with E-state index in [9.17, 15) is 0 Å². The van der Waals surface area contributed by atoms with E-state index in [4.69, 9.17) is 4.74 Å². The first-order valence-corrected chi connectivity index (χ1v) is 5.22. The largest absolute Gasteiger partial charge is 0.496 e. The summed E-state index contributed by atoms with van der Waals surface area (Å²) >= 11 is 2.24. The molecule has 0 saturated carbocycles. The third kappa shape index (κ3) is 1.75. The van der Waals surface area contributed by atoms with E-state index in [1.54, 1.807) is 13.3 Å². The van der Waals surface area contributed by atoms with Gasteiger partial charge in [0.15, 0.2) is 0 Å². The summed E-state index contributed by atoms with van der Waals surface area (Å²) in [5.41, 5.74) is 1.04. The van der Waals surface area contributed by atoms with Crippen LogP contribution < -0.4 is 4.74 Å². The van der Waals surface area contributed by atoms with Gasteiger partial charge >= 0.3 is 0 Å².